The predicted octanol–water partition coefficient (Wildman–Crippen LogP) is 2.34. The second kappa shape index (κ2) is 8.52. The molecule has 0 radical (unpaired) electrons. The Morgan fingerprint density at radius 3 is 2.23 bits per heavy atom. The smallest absolute Gasteiger partial charge is 0.0771 e. The first-order chi connectivity index (χ1) is 6.24. The number of hydrogen-bond acceptors (Lipinski definition) is 2. The summed E-state index contributed by atoms with van der Waals surface area (Å²) in [6.07, 6.45) is 6.29. The lowest BCUT2D eigenvalue weighted by atomic mass is 9.93. The van der Waals surface area contributed by atoms with Gasteiger partial charge in [0.25, 0.3) is 0 Å². The van der Waals surface area contributed by atoms with E-state index in [0.29, 0.717) is 0 Å². The Morgan fingerprint density at radius 2 is 1.77 bits per heavy atom. The van der Waals surface area contributed by atoms with Crippen molar-refractivity contribution in [2.75, 3.05) is 6.61 Å². The molecule has 2 nitrogen and oxygen atoms in total. The Morgan fingerprint density at radius 1 is 1.08 bits per heavy atom. The van der Waals surface area contributed by atoms with Gasteiger partial charge in [0.15, 0.2) is 0 Å². The maximum atomic E-state index is 9.18. The van der Waals surface area contributed by atoms with Gasteiger partial charge in [0.2, 0.25) is 0 Å². The third-order valence-electron chi connectivity index (χ3n) is 2.66. The monoisotopic (exact) mass is 188 g/mol. The Bertz CT molecular complexity index is 104. The van der Waals surface area contributed by atoms with E-state index in [2.05, 4.69) is 13.8 Å². The van der Waals surface area contributed by atoms with Crippen LogP contribution < -0.4 is 0 Å². The normalized spacial score (nSPS) is 15.7. The molecule has 0 saturated heterocycles. The van der Waals surface area contributed by atoms with Crippen LogP contribution in [0.3, 0.4) is 0 Å². The van der Waals surface area contributed by atoms with Crippen LogP contribution in [0.25, 0.3) is 0 Å². The van der Waals surface area contributed by atoms with Gasteiger partial charge in [-0.3, -0.25) is 0 Å². The van der Waals surface area contributed by atoms with Gasteiger partial charge >= 0.3 is 0 Å². The summed E-state index contributed by atoms with van der Waals surface area (Å²) < 4.78 is 0. The highest BCUT2D eigenvalue weighted by Gasteiger charge is 2.08. The van der Waals surface area contributed by atoms with Gasteiger partial charge in [0.1, 0.15) is 0 Å². The average Bonchev–Trinajstić information content (AvgIpc) is 2.17. The SMILES string of the molecule is CCCCC(CC)CCC(O)CO. The fourth-order valence-electron chi connectivity index (χ4n) is 1.56. The summed E-state index contributed by atoms with van der Waals surface area (Å²) in [4.78, 5) is 0. The van der Waals surface area contributed by atoms with E-state index in [-0.39, 0.29) is 6.61 Å². The van der Waals surface area contributed by atoms with E-state index in [1.165, 1.54) is 25.7 Å². The van der Waals surface area contributed by atoms with Crippen molar-refractivity contribution in [3.05, 3.63) is 0 Å². The molecule has 2 unspecified atom stereocenters. The van der Waals surface area contributed by atoms with Crippen molar-refractivity contribution in [2.24, 2.45) is 5.92 Å². The van der Waals surface area contributed by atoms with Gasteiger partial charge in [-0.1, -0.05) is 39.5 Å². The van der Waals surface area contributed by atoms with Crippen molar-refractivity contribution in [1.82, 2.24) is 0 Å². The third kappa shape index (κ3) is 7.03. The fourth-order valence-corrected chi connectivity index (χ4v) is 1.56. The van der Waals surface area contributed by atoms with E-state index in [9.17, 15) is 5.11 Å². The van der Waals surface area contributed by atoms with Crippen LogP contribution in [0, 0.1) is 5.92 Å². The van der Waals surface area contributed by atoms with Gasteiger partial charge in [-0.25, -0.2) is 0 Å². The van der Waals surface area contributed by atoms with E-state index >= 15 is 0 Å². The number of rotatable bonds is 8. The van der Waals surface area contributed by atoms with E-state index in [0.717, 1.165) is 18.8 Å². The first-order valence-corrected chi connectivity index (χ1v) is 5.53. The van der Waals surface area contributed by atoms with Crippen molar-refractivity contribution in [1.29, 1.82) is 0 Å². The van der Waals surface area contributed by atoms with Gasteiger partial charge < -0.3 is 10.2 Å². The van der Waals surface area contributed by atoms with Crippen LogP contribution in [-0.2, 0) is 0 Å². The van der Waals surface area contributed by atoms with Gasteiger partial charge in [-0.2, -0.15) is 0 Å². The molecule has 0 spiro atoms. The highest BCUT2D eigenvalue weighted by atomic mass is 16.3. The lowest BCUT2D eigenvalue weighted by Gasteiger charge is -2.15. The summed E-state index contributed by atoms with van der Waals surface area (Å²) >= 11 is 0. The summed E-state index contributed by atoms with van der Waals surface area (Å²) in [6.45, 7) is 4.31. The van der Waals surface area contributed by atoms with E-state index in [1.807, 2.05) is 0 Å². The maximum absolute atomic E-state index is 9.18. The molecule has 0 amide bonds. The lowest BCUT2D eigenvalue weighted by Crippen LogP contribution is -2.13. The molecular formula is C11H24O2. The van der Waals surface area contributed by atoms with Crippen LogP contribution in [0.1, 0.15) is 52.4 Å². The molecule has 0 bridgehead atoms. The molecule has 0 fully saturated rings. The maximum Gasteiger partial charge on any atom is 0.0771 e. The van der Waals surface area contributed by atoms with Gasteiger partial charge in [-0.05, 0) is 18.8 Å². The quantitative estimate of drug-likeness (QED) is 0.614. The summed E-state index contributed by atoms with van der Waals surface area (Å²) in [6, 6.07) is 0. The zero-order chi connectivity index (χ0) is 10.1. The molecule has 0 saturated carbocycles. The molecule has 0 rings (SSSR count). The highest BCUT2D eigenvalue weighted by Crippen LogP contribution is 2.19. The zero-order valence-electron chi connectivity index (χ0n) is 9.00. The molecule has 80 valence electrons. The minimum Gasteiger partial charge on any atom is -0.394 e. The lowest BCUT2D eigenvalue weighted by molar-refractivity contribution is 0.0817. The standard InChI is InChI=1S/C11H24O2/c1-3-5-6-10(4-2)7-8-11(13)9-12/h10-13H,3-9H2,1-2H3. The van der Waals surface area contributed by atoms with Crippen molar-refractivity contribution >= 4 is 0 Å². The largest absolute Gasteiger partial charge is 0.394 e. The summed E-state index contributed by atoms with van der Waals surface area (Å²) in [5, 5.41) is 17.8. The number of aliphatic hydroxyl groups is 2. The molecule has 0 aliphatic rings. The van der Waals surface area contributed by atoms with Crippen LogP contribution >= 0.6 is 0 Å². The van der Waals surface area contributed by atoms with E-state index in [4.69, 9.17) is 5.11 Å². The van der Waals surface area contributed by atoms with Crippen LogP contribution in [0.2, 0.25) is 0 Å². The molecule has 0 aromatic heterocycles. The van der Waals surface area contributed by atoms with E-state index in [1.54, 1.807) is 0 Å². The molecule has 0 heterocycles. The molecule has 0 aromatic carbocycles. The zero-order valence-corrected chi connectivity index (χ0v) is 9.00. The van der Waals surface area contributed by atoms with Crippen molar-refractivity contribution in [3.63, 3.8) is 0 Å². The van der Waals surface area contributed by atoms with Gasteiger partial charge in [0, 0.05) is 0 Å². The molecular weight excluding hydrogens is 164 g/mol. The molecule has 13 heavy (non-hydrogen) atoms. The van der Waals surface area contributed by atoms with Crippen molar-refractivity contribution in [3.8, 4) is 0 Å². The van der Waals surface area contributed by atoms with Crippen molar-refractivity contribution in [2.45, 2.75) is 58.5 Å². The van der Waals surface area contributed by atoms with Crippen LogP contribution in [0.4, 0.5) is 0 Å². The second-order valence-electron chi connectivity index (χ2n) is 3.83. The third-order valence-corrected chi connectivity index (χ3v) is 2.66. The first-order valence-electron chi connectivity index (χ1n) is 5.53. The van der Waals surface area contributed by atoms with Gasteiger partial charge in [0.05, 0.1) is 12.7 Å². The highest BCUT2D eigenvalue weighted by molar-refractivity contribution is 4.61. The number of aliphatic hydroxyl groups excluding tert-OH is 2. The van der Waals surface area contributed by atoms with Crippen molar-refractivity contribution < 1.29 is 10.2 Å². The summed E-state index contributed by atoms with van der Waals surface area (Å²) in [5.41, 5.74) is 0. The van der Waals surface area contributed by atoms with Crippen LogP contribution in [0.5, 0.6) is 0 Å². The molecule has 2 atom stereocenters. The molecule has 2 N–H and O–H groups in total. The topological polar surface area (TPSA) is 40.5 Å². The Hall–Kier alpha value is -0.0800. The minimum atomic E-state index is -0.504. The second-order valence-corrected chi connectivity index (χ2v) is 3.83. The average molecular weight is 188 g/mol. The molecule has 0 aliphatic heterocycles. The van der Waals surface area contributed by atoms with Gasteiger partial charge in [-0.15, -0.1) is 0 Å². The summed E-state index contributed by atoms with van der Waals surface area (Å²) in [5.74, 6) is 0.737. The number of unbranched alkanes of at least 4 members (excludes halogenated alkanes) is 1. The Balaban J connectivity index is 3.46. The van der Waals surface area contributed by atoms with Crippen LogP contribution in [-0.4, -0.2) is 22.9 Å². The molecule has 0 aromatic rings. The Labute approximate surface area is 82.0 Å². The fraction of sp³-hybridized carbons (Fsp3) is 1.00. The first kappa shape index (κ1) is 12.9. The van der Waals surface area contributed by atoms with Crippen LogP contribution in [0.15, 0.2) is 0 Å². The predicted molar refractivity (Wildman–Crippen MR) is 55.6 cm³/mol. The number of hydrogen-bond donors (Lipinski definition) is 2. The molecule has 2 heteroatoms. The van der Waals surface area contributed by atoms with E-state index < -0.39 is 6.10 Å². The Kier molecular flexibility index (Phi) is 8.46. The minimum absolute atomic E-state index is 0.0930. The summed E-state index contributed by atoms with van der Waals surface area (Å²) in [7, 11) is 0. The molecule has 0 aliphatic carbocycles.